The maximum absolute atomic E-state index is 13.8. The van der Waals surface area contributed by atoms with Crippen molar-refractivity contribution in [3.05, 3.63) is 53.9 Å². The number of amides is 2. The minimum atomic E-state index is -1.68. The highest BCUT2D eigenvalue weighted by atomic mass is 19.2. The first kappa shape index (κ1) is 18.0. The second-order valence-electron chi connectivity index (χ2n) is 5.90. The summed E-state index contributed by atoms with van der Waals surface area (Å²) in [5, 5.41) is 5.44. The Balaban J connectivity index is 1.59. The molecule has 0 atom stereocenters. The van der Waals surface area contributed by atoms with E-state index in [9.17, 15) is 22.4 Å². The molecule has 1 aromatic carbocycles. The maximum Gasteiger partial charge on any atom is 0.319 e. The van der Waals surface area contributed by atoms with Crippen molar-refractivity contribution in [3.8, 4) is 0 Å². The van der Waals surface area contributed by atoms with E-state index in [1.165, 1.54) is 4.90 Å². The number of aromatic nitrogens is 1. The Morgan fingerprint density at radius 2 is 1.58 bits per heavy atom. The first-order valence-electron chi connectivity index (χ1n) is 8.03. The third-order valence-electron chi connectivity index (χ3n) is 4.15. The lowest BCUT2D eigenvalue weighted by atomic mass is 10.0. The second-order valence-corrected chi connectivity index (χ2v) is 5.90. The van der Waals surface area contributed by atoms with Gasteiger partial charge in [0.05, 0.1) is 0 Å². The summed E-state index contributed by atoms with van der Waals surface area (Å²) in [5.74, 6) is -6.39. The van der Waals surface area contributed by atoms with E-state index >= 15 is 0 Å². The lowest BCUT2D eigenvalue weighted by Gasteiger charge is -2.34. The Morgan fingerprint density at radius 3 is 2.15 bits per heavy atom. The number of nitrogens with zero attached hydrogens (tertiary/aromatic N) is 2. The molecule has 5 nitrogen and oxygen atoms in total. The molecule has 26 heavy (non-hydrogen) atoms. The second kappa shape index (κ2) is 7.59. The van der Waals surface area contributed by atoms with Gasteiger partial charge in [-0.1, -0.05) is 18.2 Å². The number of benzene rings is 1. The molecule has 0 saturated carbocycles. The van der Waals surface area contributed by atoms with Gasteiger partial charge in [-0.05, 0) is 25.0 Å². The predicted molar refractivity (Wildman–Crippen MR) is 87.9 cm³/mol. The number of anilines is 2. The van der Waals surface area contributed by atoms with E-state index in [4.69, 9.17) is 0 Å². The van der Waals surface area contributed by atoms with Crippen LogP contribution >= 0.6 is 0 Å². The molecule has 1 fully saturated rings. The van der Waals surface area contributed by atoms with Gasteiger partial charge in [0.15, 0.2) is 0 Å². The number of carbonyl (C=O) groups excluding carboxylic acids is 1. The fourth-order valence-corrected chi connectivity index (χ4v) is 2.88. The first-order valence-corrected chi connectivity index (χ1v) is 8.03. The van der Waals surface area contributed by atoms with Gasteiger partial charge < -0.3 is 15.5 Å². The van der Waals surface area contributed by atoms with E-state index < -0.39 is 35.2 Å². The number of piperidine rings is 1. The molecular weight excluding hydrogens is 352 g/mol. The van der Waals surface area contributed by atoms with Gasteiger partial charge in [-0.25, -0.2) is 4.79 Å². The summed E-state index contributed by atoms with van der Waals surface area (Å²) in [6, 6.07) is 8.24. The first-order chi connectivity index (χ1) is 12.5. The molecule has 2 amide bonds. The van der Waals surface area contributed by atoms with Crippen LogP contribution in [-0.4, -0.2) is 30.1 Å². The highest BCUT2D eigenvalue weighted by molar-refractivity contribution is 5.89. The van der Waals surface area contributed by atoms with E-state index in [1.54, 1.807) is 24.3 Å². The van der Waals surface area contributed by atoms with Crippen LogP contribution < -0.4 is 15.5 Å². The van der Waals surface area contributed by atoms with Crippen LogP contribution in [0.5, 0.6) is 0 Å². The molecule has 1 aromatic heterocycles. The highest BCUT2D eigenvalue weighted by Gasteiger charge is 2.29. The summed E-state index contributed by atoms with van der Waals surface area (Å²) in [6.07, 6.45) is 0.735. The fraction of sp³-hybridized carbons (Fsp3) is 0.294. The van der Waals surface area contributed by atoms with Gasteiger partial charge in [-0.3, -0.25) is 0 Å². The quantitative estimate of drug-likeness (QED) is 0.645. The summed E-state index contributed by atoms with van der Waals surface area (Å²) >= 11 is 0. The molecule has 0 spiro atoms. The molecule has 9 heteroatoms. The average Bonchev–Trinajstić information content (AvgIpc) is 2.62. The molecule has 1 saturated heterocycles. The van der Waals surface area contributed by atoms with Crippen LogP contribution in [0.1, 0.15) is 12.8 Å². The van der Waals surface area contributed by atoms with Crippen molar-refractivity contribution in [2.24, 2.45) is 0 Å². The molecule has 3 rings (SSSR count). The Labute approximate surface area is 147 Å². The molecule has 1 aliphatic heterocycles. The Morgan fingerprint density at radius 1 is 1.00 bits per heavy atom. The van der Waals surface area contributed by atoms with Crippen molar-refractivity contribution in [2.45, 2.75) is 18.9 Å². The fourth-order valence-electron chi connectivity index (χ4n) is 2.88. The number of pyridine rings is 1. The maximum atomic E-state index is 13.8. The van der Waals surface area contributed by atoms with Crippen molar-refractivity contribution in [1.82, 2.24) is 10.3 Å². The van der Waals surface area contributed by atoms with Gasteiger partial charge in [0, 0.05) is 24.8 Å². The van der Waals surface area contributed by atoms with Crippen molar-refractivity contribution in [1.29, 1.82) is 0 Å². The number of nitrogens with one attached hydrogen (secondary N) is 2. The number of para-hydroxylation sites is 1. The van der Waals surface area contributed by atoms with Crippen LogP contribution in [0.4, 0.5) is 33.7 Å². The monoisotopic (exact) mass is 368 g/mol. The van der Waals surface area contributed by atoms with Gasteiger partial charge in [0.1, 0.15) is 5.69 Å². The van der Waals surface area contributed by atoms with Crippen LogP contribution in [0, 0.1) is 23.5 Å². The van der Waals surface area contributed by atoms with Crippen LogP contribution in [-0.2, 0) is 0 Å². The summed E-state index contributed by atoms with van der Waals surface area (Å²) < 4.78 is 54.1. The Hall–Kier alpha value is -2.84. The predicted octanol–water partition coefficient (Wildman–Crippen LogP) is 3.43. The van der Waals surface area contributed by atoms with Crippen molar-refractivity contribution < 1.29 is 22.4 Å². The van der Waals surface area contributed by atoms with Crippen molar-refractivity contribution in [3.63, 3.8) is 0 Å². The molecule has 0 radical (unpaired) electrons. The molecule has 0 unspecified atom stereocenters. The molecule has 0 bridgehead atoms. The van der Waals surface area contributed by atoms with Crippen LogP contribution in [0.25, 0.3) is 0 Å². The van der Waals surface area contributed by atoms with Crippen LogP contribution in [0.2, 0.25) is 0 Å². The van der Waals surface area contributed by atoms with Gasteiger partial charge in [-0.2, -0.15) is 22.5 Å². The number of halogens is 4. The highest BCUT2D eigenvalue weighted by Crippen LogP contribution is 2.28. The standard InChI is InChI=1S/C17H16F4N4O/c18-12-14(13(19)16(21)24-15(12)20)25-8-6-11(7-9-25)23-17(26)22-10-4-2-1-3-5-10/h1-5,11H,6-9H2,(H2,22,23,26). The smallest absolute Gasteiger partial charge is 0.319 e. The van der Waals surface area contributed by atoms with Crippen molar-refractivity contribution in [2.75, 3.05) is 23.3 Å². The number of carbonyl (C=O) groups is 1. The van der Waals surface area contributed by atoms with E-state index in [2.05, 4.69) is 15.6 Å². The molecule has 2 heterocycles. The van der Waals surface area contributed by atoms with Crippen LogP contribution in [0.3, 0.4) is 0 Å². The van der Waals surface area contributed by atoms with Crippen LogP contribution in [0.15, 0.2) is 30.3 Å². The summed E-state index contributed by atoms with van der Waals surface area (Å²) in [4.78, 5) is 15.7. The normalized spacial score (nSPS) is 15.0. The Bertz CT molecular complexity index is 769. The van der Waals surface area contributed by atoms with E-state index in [1.807, 2.05) is 6.07 Å². The third-order valence-corrected chi connectivity index (χ3v) is 4.15. The van der Waals surface area contributed by atoms with Crippen molar-refractivity contribution >= 4 is 17.4 Å². The SMILES string of the molecule is O=C(Nc1ccccc1)NC1CCN(c2c(F)c(F)nc(F)c2F)CC1. The number of rotatable bonds is 3. The topological polar surface area (TPSA) is 57.3 Å². The molecule has 138 valence electrons. The van der Waals surface area contributed by atoms with E-state index in [0.29, 0.717) is 18.5 Å². The lowest BCUT2D eigenvalue weighted by Crippen LogP contribution is -2.46. The molecular formula is C17H16F4N4O. The van der Waals surface area contributed by atoms with E-state index in [0.717, 1.165) is 0 Å². The molecule has 2 aromatic rings. The number of hydrogen-bond donors (Lipinski definition) is 2. The zero-order valence-corrected chi connectivity index (χ0v) is 13.6. The van der Waals surface area contributed by atoms with Gasteiger partial charge in [-0.15, -0.1) is 0 Å². The summed E-state index contributed by atoms with van der Waals surface area (Å²) in [7, 11) is 0. The van der Waals surface area contributed by atoms with Gasteiger partial charge in [0.25, 0.3) is 11.9 Å². The molecule has 2 N–H and O–H groups in total. The molecule has 0 aliphatic carbocycles. The number of urea groups is 1. The zero-order valence-electron chi connectivity index (χ0n) is 13.6. The zero-order chi connectivity index (χ0) is 18.7. The third kappa shape index (κ3) is 3.87. The largest absolute Gasteiger partial charge is 0.366 e. The van der Waals surface area contributed by atoms with Gasteiger partial charge >= 0.3 is 6.03 Å². The lowest BCUT2D eigenvalue weighted by molar-refractivity contribution is 0.246. The van der Waals surface area contributed by atoms with Gasteiger partial charge in [0.2, 0.25) is 11.6 Å². The number of hydrogen-bond acceptors (Lipinski definition) is 3. The Kier molecular flexibility index (Phi) is 5.24. The minimum absolute atomic E-state index is 0.132. The summed E-state index contributed by atoms with van der Waals surface area (Å²) in [5.41, 5.74) is -0.128. The van der Waals surface area contributed by atoms with E-state index in [-0.39, 0.29) is 19.1 Å². The average molecular weight is 368 g/mol. The minimum Gasteiger partial charge on any atom is -0.366 e. The molecule has 1 aliphatic rings. The summed E-state index contributed by atoms with van der Waals surface area (Å²) in [6.45, 7) is 0.264.